The standard InChI is InChI=1S/C22H11BrF3NO5/c23-15-3-1-2-4-16(15)31-19-18(28)14-6-5-13(11-17(14)32-20(19)22(24,25)26)30-21(29)12-7-9-27-10-8-12/h1-11H. The highest BCUT2D eigenvalue weighted by atomic mass is 79.9. The first-order valence-corrected chi connectivity index (χ1v) is 9.76. The SMILES string of the molecule is O=C(Oc1ccc2c(=O)c(Oc3ccccc3Br)c(C(F)(F)F)oc2c1)c1ccncc1. The Bertz CT molecular complexity index is 1370. The summed E-state index contributed by atoms with van der Waals surface area (Å²) in [6.07, 6.45) is -2.25. The molecular formula is C22H11BrF3NO5. The molecule has 0 radical (unpaired) electrons. The Morgan fingerprint density at radius 3 is 2.44 bits per heavy atom. The number of carbonyl (C=O) groups excluding carboxylic acids is 1. The van der Waals surface area contributed by atoms with E-state index >= 15 is 0 Å². The Labute approximate surface area is 186 Å². The number of carbonyl (C=O) groups is 1. The normalized spacial score (nSPS) is 11.4. The van der Waals surface area contributed by atoms with Crippen LogP contribution in [0.15, 0.2) is 80.7 Å². The lowest BCUT2D eigenvalue weighted by Crippen LogP contribution is -2.16. The predicted octanol–water partition coefficient (Wildman–Crippen LogP) is 5.98. The molecule has 0 amide bonds. The van der Waals surface area contributed by atoms with E-state index in [4.69, 9.17) is 13.9 Å². The van der Waals surface area contributed by atoms with Crippen LogP contribution in [0.1, 0.15) is 16.1 Å². The Morgan fingerprint density at radius 2 is 1.75 bits per heavy atom. The summed E-state index contributed by atoms with van der Waals surface area (Å²) < 4.78 is 56.9. The summed E-state index contributed by atoms with van der Waals surface area (Å²) in [7, 11) is 0. The molecule has 0 saturated heterocycles. The van der Waals surface area contributed by atoms with Crippen molar-refractivity contribution in [3.8, 4) is 17.2 Å². The van der Waals surface area contributed by atoms with E-state index in [1.165, 1.54) is 42.7 Å². The maximum Gasteiger partial charge on any atom is 0.453 e. The van der Waals surface area contributed by atoms with Crippen LogP contribution in [0.4, 0.5) is 13.2 Å². The maximum absolute atomic E-state index is 13.7. The van der Waals surface area contributed by atoms with Crippen molar-refractivity contribution in [1.29, 1.82) is 0 Å². The maximum atomic E-state index is 13.7. The Hall–Kier alpha value is -3.66. The van der Waals surface area contributed by atoms with Crippen LogP contribution >= 0.6 is 15.9 Å². The molecule has 4 rings (SSSR count). The zero-order valence-corrected chi connectivity index (χ0v) is 17.4. The summed E-state index contributed by atoms with van der Waals surface area (Å²) in [6.45, 7) is 0. The molecule has 0 aliphatic rings. The number of benzene rings is 2. The van der Waals surface area contributed by atoms with Gasteiger partial charge in [-0.3, -0.25) is 9.78 Å². The first-order chi connectivity index (χ1) is 15.2. The number of halogens is 4. The first-order valence-electron chi connectivity index (χ1n) is 8.96. The molecule has 10 heteroatoms. The van der Waals surface area contributed by atoms with E-state index in [2.05, 4.69) is 20.9 Å². The molecule has 0 bridgehead atoms. The molecule has 2 aromatic carbocycles. The summed E-state index contributed by atoms with van der Waals surface area (Å²) in [5, 5.41) is -0.177. The van der Waals surface area contributed by atoms with Gasteiger partial charge in [-0.15, -0.1) is 0 Å². The van der Waals surface area contributed by atoms with E-state index < -0.39 is 34.7 Å². The number of pyridine rings is 1. The third-order valence-corrected chi connectivity index (χ3v) is 4.91. The van der Waals surface area contributed by atoms with Crippen LogP contribution in [0.5, 0.6) is 17.2 Å². The average Bonchev–Trinajstić information content (AvgIpc) is 2.76. The monoisotopic (exact) mass is 505 g/mol. The van der Waals surface area contributed by atoms with Crippen LogP contribution in [0.3, 0.4) is 0 Å². The van der Waals surface area contributed by atoms with E-state index in [-0.39, 0.29) is 22.4 Å². The minimum absolute atomic E-state index is 0.00699. The van der Waals surface area contributed by atoms with Gasteiger partial charge in [0.15, 0.2) is 0 Å². The fourth-order valence-electron chi connectivity index (χ4n) is 2.79. The third kappa shape index (κ3) is 4.35. The van der Waals surface area contributed by atoms with Gasteiger partial charge >= 0.3 is 12.1 Å². The summed E-state index contributed by atoms with van der Waals surface area (Å²) in [5.74, 6) is -3.46. The van der Waals surface area contributed by atoms with E-state index in [1.54, 1.807) is 18.2 Å². The summed E-state index contributed by atoms with van der Waals surface area (Å²) in [4.78, 5) is 28.8. The molecule has 6 nitrogen and oxygen atoms in total. The molecule has 0 saturated carbocycles. The Kier molecular flexibility index (Phi) is 5.70. The number of fused-ring (bicyclic) bond motifs is 1. The second-order valence-electron chi connectivity index (χ2n) is 6.40. The molecule has 32 heavy (non-hydrogen) atoms. The van der Waals surface area contributed by atoms with Crippen LogP contribution < -0.4 is 14.9 Å². The lowest BCUT2D eigenvalue weighted by Gasteiger charge is -2.14. The zero-order valence-electron chi connectivity index (χ0n) is 15.9. The van der Waals surface area contributed by atoms with Crippen LogP contribution in [-0.2, 0) is 6.18 Å². The van der Waals surface area contributed by atoms with Gasteiger partial charge < -0.3 is 13.9 Å². The number of para-hydroxylation sites is 1. The minimum atomic E-state index is -5.02. The molecule has 162 valence electrons. The number of ether oxygens (including phenoxy) is 2. The molecule has 0 fully saturated rings. The van der Waals surface area contributed by atoms with Crippen molar-refractivity contribution in [2.75, 3.05) is 0 Å². The molecule has 0 atom stereocenters. The second kappa shape index (κ2) is 8.46. The van der Waals surface area contributed by atoms with Crippen molar-refractivity contribution in [2.24, 2.45) is 0 Å². The minimum Gasteiger partial charge on any atom is -0.448 e. The lowest BCUT2D eigenvalue weighted by atomic mass is 10.2. The molecule has 2 aromatic heterocycles. The van der Waals surface area contributed by atoms with Crippen molar-refractivity contribution in [3.63, 3.8) is 0 Å². The molecular weight excluding hydrogens is 495 g/mol. The predicted molar refractivity (Wildman–Crippen MR) is 111 cm³/mol. The highest BCUT2D eigenvalue weighted by Gasteiger charge is 2.40. The Morgan fingerprint density at radius 1 is 1.03 bits per heavy atom. The van der Waals surface area contributed by atoms with Gasteiger partial charge in [-0.2, -0.15) is 13.2 Å². The smallest absolute Gasteiger partial charge is 0.448 e. The third-order valence-electron chi connectivity index (χ3n) is 4.25. The number of alkyl halides is 3. The van der Waals surface area contributed by atoms with Gasteiger partial charge in [0, 0.05) is 18.5 Å². The van der Waals surface area contributed by atoms with Gasteiger partial charge in [-0.25, -0.2) is 4.79 Å². The van der Waals surface area contributed by atoms with Gasteiger partial charge in [-0.1, -0.05) is 12.1 Å². The first kappa shape index (κ1) is 21.6. The molecule has 4 aromatic rings. The Balaban J connectivity index is 1.78. The van der Waals surface area contributed by atoms with Gasteiger partial charge in [0.25, 0.3) is 5.76 Å². The number of hydrogen-bond donors (Lipinski definition) is 0. The van der Waals surface area contributed by atoms with Crippen molar-refractivity contribution in [2.45, 2.75) is 6.18 Å². The summed E-state index contributed by atoms with van der Waals surface area (Å²) in [5.41, 5.74) is -1.25. The van der Waals surface area contributed by atoms with Gasteiger partial charge in [-0.05, 0) is 52.3 Å². The van der Waals surface area contributed by atoms with E-state index in [0.717, 1.165) is 6.07 Å². The lowest BCUT2D eigenvalue weighted by molar-refractivity contribution is -0.154. The average molecular weight is 506 g/mol. The number of rotatable bonds is 4. The topological polar surface area (TPSA) is 78.6 Å². The van der Waals surface area contributed by atoms with Gasteiger partial charge in [0.2, 0.25) is 11.2 Å². The molecule has 0 aliphatic carbocycles. The van der Waals surface area contributed by atoms with Crippen LogP contribution in [0, 0.1) is 0 Å². The number of nitrogens with zero attached hydrogens (tertiary/aromatic N) is 1. The van der Waals surface area contributed by atoms with E-state index in [9.17, 15) is 22.8 Å². The van der Waals surface area contributed by atoms with Crippen molar-refractivity contribution >= 4 is 32.9 Å². The van der Waals surface area contributed by atoms with Crippen LogP contribution in [0.2, 0.25) is 0 Å². The fourth-order valence-corrected chi connectivity index (χ4v) is 3.16. The van der Waals surface area contributed by atoms with Crippen molar-refractivity contribution in [3.05, 3.63) is 93.0 Å². The van der Waals surface area contributed by atoms with E-state index in [0.29, 0.717) is 4.47 Å². The van der Waals surface area contributed by atoms with Crippen molar-refractivity contribution in [1.82, 2.24) is 4.98 Å². The number of hydrogen-bond acceptors (Lipinski definition) is 6. The van der Waals surface area contributed by atoms with Gasteiger partial charge in [0.05, 0.1) is 15.4 Å². The quantitative estimate of drug-likeness (QED) is 0.250. The fraction of sp³-hybridized carbons (Fsp3) is 0.0455. The second-order valence-corrected chi connectivity index (χ2v) is 7.26. The molecule has 2 heterocycles. The molecule has 0 unspecified atom stereocenters. The van der Waals surface area contributed by atoms with Crippen LogP contribution in [-0.4, -0.2) is 11.0 Å². The zero-order chi connectivity index (χ0) is 22.9. The van der Waals surface area contributed by atoms with Gasteiger partial charge in [0.1, 0.15) is 17.1 Å². The number of aromatic nitrogens is 1. The largest absolute Gasteiger partial charge is 0.453 e. The van der Waals surface area contributed by atoms with Crippen molar-refractivity contribution < 1.29 is 31.9 Å². The molecule has 0 spiro atoms. The molecule has 0 aliphatic heterocycles. The van der Waals surface area contributed by atoms with E-state index in [1.807, 2.05) is 0 Å². The highest BCUT2D eigenvalue weighted by Crippen LogP contribution is 2.39. The van der Waals surface area contributed by atoms with Crippen LogP contribution in [0.25, 0.3) is 11.0 Å². The number of esters is 1. The summed E-state index contributed by atoms with van der Waals surface area (Å²) >= 11 is 3.16. The highest BCUT2D eigenvalue weighted by molar-refractivity contribution is 9.10. The summed E-state index contributed by atoms with van der Waals surface area (Å²) in [6, 6.07) is 12.5. The molecule has 0 N–H and O–H groups in total.